The van der Waals surface area contributed by atoms with Crippen LogP contribution < -0.4 is 0 Å². The van der Waals surface area contributed by atoms with Gasteiger partial charge >= 0.3 is 5.97 Å². The summed E-state index contributed by atoms with van der Waals surface area (Å²) in [5.41, 5.74) is 1.37. The van der Waals surface area contributed by atoms with Crippen LogP contribution in [0, 0.1) is 6.92 Å². The predicted octanol–water partition coefficient (Wildman–Crippen LogP) is 2.27. The Balaban J connectivity index is 3.12. The van der Waals surface area contributed by atoms with Gasteiger partial charge in [-0.15, -0.1) is 0 Å². The number of carboxylic acids is 1. The van der Waals surface area contributed by atoms with Crippen molar-refractivity contribution in [2.75, 3.05) is 5.33 Å². The standard InChI is InChI=1S/C10H9BrO3/c1-6-4-7(9(12)5-11)2-3-8(6)10(13)14/h2-4H,5H2,1H3,(H,13,14). The van der Waals surface area contributed by atoms with Gasteiger partial charge in [0.1, 0.15) is 0 Å². The monoisotopic (exact) mass is 256 g/mol. The number of rotatable bonds is 3. The molecule has 4 heteroatoms. The Morgan fingerprint density at radius 1 is 1.43 bits per heavy atom. The van der Waals surface area contributed by atoms with Crippen LogP contribution in [0.4, 0.5) is 0 Å². The second kappa shape index (κ2) is 4.37. The van der Waals surface area contributed by atoms with Crippen LogP contribution in [-0.4, -0.2) is 22.2 Å². The van der Waals surface area contributed by atoms with Gasteiger partial charge in [-0.1, -0.05) is 22.0 Å². The molecule has 0 fully saturated rings. The third-order valence-electron chi connectivity index (χ3n) is 1.90. The molecular weight excluding hydrogens is 248 g/mol. The minimum Gasteiger partial charge on any atom is -0.478 e. The summed E-state index contributed by atoms with van der Waals surface area (Å²) in [4.78, 5) is 21.9. The van der Waals surface area contributed by atoms with Crippen LogP contribution in [-0.2, 0) is 0 Å². The summed E-state index contributed by atoms with van der Waals surface area (Å²) < 4.78 is 0. The number of hydrogen-bond donors (Lipinski definition) is 1. The van der Waals surface area contributed by atoms with Crippen LogP contribution >= 0.6 is 15.9 Å². The molecule has 0 bridgehead atoms. The van der Waals surface area contributed by atoms with E-state index in [1.807, 2.05) is 0 Å². The summed E-state index contributed by atoms with van der Waals surface area (Å²) in [5, 5.41) is 9.01. The van der Waals surface area contributed by atoms with E-state index in [0.717, 1.165) is 0 Å². The fourth-order valence-corrected chi connectivity index (χ4v) is 1.48. The van der Waals surface area contributed by atoms with Gasteiger partial charge in [-0.3, -0.25) is 4.79 Å². The first-order chi connectivity index (χ1) is 6.56. The van der Waals surface area contributed by atoms with Gasteiger partial charge in [0.15, 0.2) is 5.78 Å². The maximum absolute atomic E-state index is 11.3. The molecule has 0 amide bonds. The topological polar surface area (TPSA) is 54.4 Å². The van der Waals surface area contributed by atoms with E-state index >= 15 is 0 Å². The number of aryl methyl sites for hydroxylation is 1. The molecule has 0 aromatic heterocycles. The third-order valence-corrected chi connectivity index (χ3v) is 2.41. The molecule has 1 aromatic carbocycles. The van der Waals surface area contributed by atoms with Gasteiger partial charge in [0.2, 0.25) is 0 Å². The van der Waals surface area contributed by atoms with Crippen molar-refractivity contribution in [1.82, 2.24) is 0 Å². The van der Waals surface area contributed by atoms with Crippen LogP contribution in [0.3, 0.4) is 0 Å². The largest absolute Gasteiger partial charge is 0.478 e. The fourth-order valence-electron chi connectivity index (χ4n) is 1.15. The first-order valence-corrected chi connectivity index (χ1v) is 5.11. The number of Topliss-reactive ketones (excluding diaryl/α,β-unsaturated/α-hetero) is 1. The highest BCUT2D eigenvalue weighted by atomic mass is 79.9. The van der Waals surface area contributed by atoms with E-state index in [1.54, 1.807) is 13.0 Å². The highest BCUT2D eigenvalue weighted by Gasteiger charge is 2.10. The van der Waals surface area contributed by atoms with Gasteiger partial charge in [-0.2, -0.15) is 0 Å². The molecule has 74 valence electrons. The Kier molecular flexibility index (Phi) is 3.41. The first-order valence-electron chi connectivity index (χ1n) is 3.99. The number of halogens is 1. The van der Waals surface area contributed by atoms with Crippen molar-refractivity contribution < 1.29 is 14.7 Å². The number of aromatic carboxylic acids is 1. The lowest BCUT2D eigenvalue weighted by molar-refractivity contribution is 0.0695. The van der Waals surface area contributed by atoms with Crippen molar-refractivity contribution in [3.05, 3.63) is 34.9 Å². The number of ketones is 1. The second-order valence-corrected chi connectivity index (χ2v) is 3.45. The van der Waals surface area contributed by atoms with Gasteiger partial charge < -0.3 is 5.11 Å². The van der Waals surface area contributed by atoms with Crippen molar-refractivity contribution in [2.45, 2.75) is 6.92 Å². The van der Waals surface area contributed by atoms with Crippen molar-refractivity contribution in [2.24, 2.45) is 0 Å². The van der Waals surface area contributed by atoms with E-state index in [9.17, 15) is 9.59 Å². The van der Waals surface area contributed by atoms with Gasteiger partial charge in [-0.05, 0) is 24.6 Å². The molecule has 14 heavy (non-hydrogen) atoms. The number of benzene rings is 1. The normalized spacial score (nSPS) is 9.86. The van der Waals surface area contributed by atoms with Gasteiger partial charge in [-0.25, -0.2) is 4.79 Å². The van der Waals surface area contributed by atoms with Gasteiger partial charge in [0, 0.05) is 5.56 Å². The minimum atomic E-state index is -0.972. The van der Waals surface area contributed by atoms with E-state index in [1.165, 1.54) is 12.1 Å². The minimum absolute atomic E-state index is 0.0509. The molecule has 0 saturated carbocycles. The molecule has 0 aliphatic rings. The smallest absolute Gasteiger partial charge is 0.335 e. The number of carbonyl (C=O) groups excluding carboxylic acids is 1. The van der Waals surface area contributed by atoms with Crippen LogP contribution in [0.25, 0.3) is 0 Å². The summed E-state index contributed by atoms with van der Waals surface area (Å²) >= 11 is 3.06. The van der Waals surface area contributed by atoms with E-state index in [2.05, 4.69) is 15.9 Å². The molecular formula is C10H9BrO3. The lowest BCUT2D eigenvalue weighted by Gasteiger charge is -2.02. The first kappa shape index (κ1) is 10.9. The van der Waals surface area contributed by atoms with Crippen LogP contribution in [0.2, 0.25) is 0 Å². The summed E-state index contributed by atoms with van der Waals surface area (Å²) in [7, 11) is 0. The molecule has 3 nitrogen and oxygen atoms in total. The molecule has 0 radical (unpaired) electrons. The quantitative estimate of drug-likeness (QED) is 0.667. The zero-order valence-corrected chi connectivity index (χ0v) is 9.17. The number of carboxylic acid groups (broad SMARTS) is 1. The van der Waals surface area contributed by atoms with Crippen LogP contribution in [0.15, 0.2) is 18.2 Å². The maximum Gasteiger partial charge on any atom is 0.335 e. The molecule has 0 atom stereocenters. The molecule has 1 aromatic rings. The van der Waals surface area contributed by atoms with Crippen LogP contribution in [0.5, 0.6) is 0 Å². The fraction of sp³-hybridized carbons (Fsp3) is 0.200. The van der Waals surface area contributed by atoms with Crippen molar-refractivity contribution in [1.29, 1.82) is 0 Å². The average Bonchev–Trinajstić information content (AvgIpc) is 2.15. The molecule has 1 N–H and O–H groups in total. The molecule has 0 spiro atoms. The van der Waals surface area contributed by atoms with Crippen LogP contribution in [0.1, 0.15) is 26.3 Å². The number of alkyl halides is 1. The highest BCUT2D eigenvalue weighted by Crippen LogP contribution is 2.12. The Labute approximate surface area is 89.9 Å². The number of carbonyl (C=O) groups is 2. The van der Waals surface area contributed by atoms with Crippen molar-refractivity contribution >= 4 is 27.7 Å². The van der Waals surface area contributed by atoms with Crippen molar-refractivity contribution in [3.63, 3.8) is 0 Å². The second-order valence-electron chi connectivity index (χ2n) is 2.89. The molecule has 1 rings (SSSR count). The lowest BCUT2D eigenvalue weighted by Crippen LogP contribution is -2.04. The Hall–Kier alpha value is -1.16. The number of hydrogen-bond acceptors (Lipinski definition) is 2. The van der Waals surface area contributed by atoms with Gasteiger partial charge in [0.25, 0.3) is 0 Å². The van der Waals surface area contributed by atoms with Crippen molar-refractivity contribution in [3.8, 4) is 0 Å². The Morgan fingerprint density at radius 2 is 2.07 bits per heavy atom. The Morgan fingerprint density at radius 3 is 2.50 bits per heavy atom. The molecule has 0 aliphatic heterocycles. The SMILES string of the molecule is Cc1cc(C(=O)CBr)ccc1C(=O)O. The molecule has 0 unspecified atom stereocenters. The predicted molar refractivity (Wildman–Crippen MR) is 56.3 cm³/mol. The molecule has 0 saturated heterocycles. The van der Waals surface area contributed by atoms with E-state index in [4.69, 9.17) is 5.11 Å². The summed E-state index contributed by atoms with van der Waals surface area (Å²) in [6, 6.07) is 4.57. The molecule has 0 aliphatic carbocycles. The summed E-state index contributed by atoms with van der Waals surface area (Å²) in [6.07, 6.45) is 0. The summed E-state index contributed by atoms with van der Waals surface area (Å²) in [6.45, 7) is 1.68. The zero-order valence-electron chi connectivity index (χ0n) is 7.58. The Bertz CT molecular complexity index is 385. The van der Waals surface area contributed by atoms with Gasteiger partial charge in [0.05, 0.1) is 10.9 Å². The van der Waals surface area contributed by atoms with E-state index < -0.39 is 5.97 Å². The maximum atomic E-state index is 11.3. The summed E-state index contributed by atoms with van der Waals surface area (Å²) in [5.74, 6) is -1.02. The van der Waals surface area contributed by atoms with E-state index in [0.29, 0.717) is 11.1 Å². The zero-order chi connectivity index (χ0) is 10.7. The highest BCUT2D eigenvalue weighted by molar-refractivity contribution is 9.09. The third kappa shape index (κ3) is 2.20. The lowest BCUT2D eigenvalue weighted by atomic mass is 10.0. The average molecular weight is 257 g/mol. The molecule has 0 heterocycles. The van der Waals surface area contributed by atoms with E-state index in [-0.39, 0.29) is 16.7 Å².